The summed E-state index contributed by atoms with van der Waals surface area (Å²) in [6, 6.07) is 11.6. The number of likely N-dealkylation sites (N-methyl/N-ethyl adjacent to an activating group) is 1. The van der Waals surface area contributed by atoms with Crippen LogP contribution in [-0.4, -0.2) is 90.9 Å². The molecule has 3 aromatic rings. The molecule has 12 heteroatoms. The third-order valence-corrected chi connectivity index (χ3v) is 6.68. The second kappa shape index (κ2) is 12.1. The molecule has 0 aliphatic carbocycles. The summed E-state index contributed by atoms with van der Waals surface area (Å²) >= 11 is 6.38. The van der Waals surface area contributed by atoms with Crippen molar-refractivity contribution >= 4 is 40.7 Å². The third kappa shape index (κ3) is 6.49. The molecule has 200 valence electrons. The first kappa shape index (κ1) is 27.1. The summed E-state index contributed by atoms with van der Waals surface area (Å²) in [5, 5.41) is 3.08. The number of anilines is 2. The molecule has 0 saturated carbocycles. The van der Waals surface area contributed by atoms with Crippen molar-refractivity contribution in [2.45, 2.75) is 0 Å². The molecule has 0 bridgehead atoms. The van der Waals surface area contributed by atoms with E-state index in [2.05, 4.69) is 32.1 Å². The van der Waals surface area contributed by atoms with Gasteiger partial charge in [-0.2, -0.15) is 0 Å². The van der Waals surface area contributed by atoms with E-state index in [4.69, 9.17) is 22.1 Å². The molecule has 1 aliphatic heterocycles. The number of aromatic nitrogens is 2. The predicted octanol–water partition coefficient (Wildman–Crippen LogP) is 2.32. The van der Waals surface area contributed by atoms with E-state index in [9.17, 15) is 14.4 Å². The summed E-state index contributed by atoms with van der Waals surface area (Å²) in [6.45, 7) is 5.52. The molecule has 2 heterocycles. The summed E-state index contributed by atoms with van der Waals surface area (Å²) in [5.74, 6) is -1.05. The number of hydrogen-bond acceptors (Lipinski definition) is 7. The fourth-order valence-corrected chi connectivity index (χ4v) is 4.28. The Labute approximate surface area is 225 Å². The van der Waals surface area contributed by atoms with E-state index in [1.807, 2.05) is 0 Å². The van der Waals surface area contributed by atoms with Crippen LogP contribution in [0.5, 0.6) is 5.75 Å². The fraction of sp³-hybridized carbons (Fsp3) is 0.308. The van der Waals surface area contributed by atoms with Crippen LogP contribution < -0.4 is 20.7 Å². The Hall–Kier alpha value is -3.93. The van der Waals surface area contributed by atoms with Crippen molar-refractivity contribution in [3.05, 3.63) is 70.8 Å². The number of halogens is 1. The molecule has 2 aromatic carbocycles. The lowest BCUT2D eigenvalue weighted by Gasteiger charge is -2.32. The molecular formula is C26H30ClN7O4. The van der Waals surface area contributed by atoms with Crippen molar-refractivity contribution < 1.29 is 19.1 Å². The predicted molar refractivity (Wildman–Crippen MR) is 145 cm³/mol. The van der Waals surface area contributed by atoms with E-state index in [-0.39, 0.29) is 22.3 Å². The zero-order valence-corrected chi connectivity index (χ0v) is 22.0. The number of hydrogen-bond donors (Lipinski definition) is 3. The minimum Gasteiger partial charge on any atom is -0.492 e. The maximum absolute atomic E-state index is 12.8. The quantitative estimate of drug-likeness (QED) is 0.379. The van der Waals surface area contributed by atoms with Gasteiger partial charge in [0.15, 0.2) is 5.69 Å². The van der Waals surface area contributed by atoms with Crippen LogP contribution in [0.2, 0.25) is 5.02 Å². The average Bonchev–Trinajstić information content (AvgIpc) is 3.40. The van der Waals surface area contributed by atoms with Crippen molar-refractivity contribution in [2.24, 2.45) is 5.73 Å². The summed E-state index contributed by atoms with van der Waals surface area (Å²) in [6.07, 6.45) is 1.23. The second-order valence-corrected chi connectivity index (χ2v) is 9.40. The highest BCUT2D eigenvalue weighted by Crippen LogP contribution is 2.25. The molecule has 1 fully saturated rings. The molecule has 1 aliphatic rings. The van der Waals surface area contributed by atoms with Crippen LogP contribution in [0.1, 0.15) is 31.3 Å². The first-order chi connectivity index (χ1) is 18.2. The minimum atomic E-state index is -0.777. The van der Waals surface area contributed by atoms with Gasteiger partial charge in [0, 0.05) is 51.1 Å². The minimum absolute atomic E-state index is 0.0611. The van der Waals surface area contributed by atoms with Crippen LogP contribution in [0.4, 0.5) is 11.4 Å². The Morgan fingerprint density at radius 1 is 1.13 bits per heavy atom. The Bertz CT molecular complexity index is 1300. The van der Waals surface area contributed by atoms with Gasteiger partial charge in [0.1, 0.15) is 18.1 Å². The van der Waals surface area contributed by atoms with Gasteiger partial charge in [-0.3, -0.25) is 19.3 Å². The number of H-pyrrole nitrogens is 1. The number of primary amides is 1. The third-order valence-electron chi connectivity index (χ3n) is 6.36. The fourth-order valence-electron chi connectivity index (χ4n) is 4.02. The Morgan fingerprint density at radius 3 is 2.50 bits per heavy atom. The zero-order valence-electron chi connectivity index (χ0n) is 21.2. The number of carbonyl (C=O) groups excluding carboxylic acids is 3. The summed E-state index contributed by atoms with van der Waals surface area (Å²) in [4.78, 5) is 49.5. The standard InChI is InChI=1S/C26H30ClN7O4/c1-32-9-11-34(12-10-32)13-14-38-19-7-8-20(21(27)15-19)25(36)31-17-3-5-18(6-4-17)33(2)26(37)23-22(24(28)35)29-16-30-23/h3-8,15-16H,9-14H2,1-2H3,(H2,28,35)(H,29,30)(H,31,36). The van der Waals surface area contributed by atoms with Gasteiger partial charge >= 0.3 is 0 Å². The van der Waals surface area contributed by atoms with Crippen molar-refractivity contribution in [1.29, 1.82) is 0 Å². The number of ether oxygens (including phenoxy) is 1. The summed E-state index contributed by atoms with van der Waals surface area (Å²) < 4.78 is 5.84. The van der Waals surface area contributed by atoms with E-state index in [0.29, 0.717) is 29.3 Å². The number of aromatic amines is 1. The Kier molecular flexibility index (Phi) is 8.62. The van der Waals surface area contributed by atoms with Crippen molar-refractivity contribution in [3.63, 3.8) is 0 Å². The smallest absolute Gasteiger partial charge is 0.279 e. The first-order valence-corrected chi connectivity index (χ1v) is 12.5. The van der Waals surface area contributed by atoms with Crippen LogP contribution in [0.3, 0.4) is 0 Å². The molecule has 0 atom stereocenters. The Balaban J connectivity index is 1.32. The van der Waals surface area contributed by atoms with Crippen LogP contribution in [0.25, 0.3) is 0 Å². The number of nitrogens with two attached hydrogens (primary N) is 1. The van der Waals surface area contributed by atoms with Crippen LogP contribution in [-0.2, 0) is 0 Å². The average molecular weight is 540 g/mol. The van der Waals surface area contributed by atoms with E-state index in [1.165, 1.54) is 11.2 Å². The molecule has 0 unspecified atom stereocenters. The first-order valence-electron chi connectivity index (χ1n) is 12.1. The monoisotopic (exact) mass is 539 g/mol. The normalized spacial score (nSPS) is 14.2. The zero-order chi connectivity index (χ0) is 27.2. The number of piperazine rings is 1. The second-order valence-electron chi connectivity index (χ2n) is 8.99. The van der Waals surface area contributed by atoms with Crippen LogP contribution >= 0.6 is 11.6 Å². The van der Waals surface area contributed by atoms with Gasteiger partial charge in [0.2, 0.25) is 0 Å². The van der Waals surface area contributed by atoms with E-state index >= 15 is 0 Å². The molecule has 4 N–H and O–H groups in total. The number of carbonyl (C=O) groups is 3. The molecule has 1 saturated heterocycles. The van der Waals surface area contributed by atoms with E-state index in [0.717, 1.165) is 32.7 Å². The van der Waals surface area contributed by atoms with Gasteiger partial charge in [0.25, 0.3) is 17.7 Å². The molecule has 3 amide bonds. The molecule has 1 aromatic heterocycles. The molecule has 4 rings (SSSR count). The maximum Gasteiger partial charge on any atom is 0.279 e. The SMILES string of the molecule is CN1CCN(CCOc2ccc(C(=O)Nc3ccc(N(C)C(=O)c4nc[nH]c4C(N)=O)cc3)c(Cl)c2)CC1. The van der Waals surface area contributed by atoms with Crippen molar-refractivity contribution in [3.8, 4) is 5.75 Å². The highest BCUT2D eigenvalue weighted by atomic mass is 35.5. The number of rotatable bonds is 9. The summed E-state index contributed by atoms with van der Waals surface area (Å²) in [5.41, 5.74) is 6.51. The van der Waals surface area contributed by atoms with Gasteiger partial charge in [-0.1, -0.05) is 11.6 Å². The number of nitrogens with zero attached hydrogens (tertiary/aromatic N) is 4. The van der Waals surface area contributed by atoms with Crippen LogP contribution in [0, 0.1) is 0 Å². The topological polar surface area (TPSA) is 137 Å². The number of benzene rings is 2. The Morgan fingerprint density at radius 2 is 1.84 bits per heavy atom. The maximum atomic E-state index is 12.8. The van der Waals surface area contributed by atoms with E-state index < -0.39 is 11.8 Å². The molecule has 0 radical (unpaired) electrons. The molecular weight excluding hydrogens is 510 g/mol. The number of amides is 3. The van der Waals surface area contributed by atoms with Gasteiger partial charge in [-0.25, -0.2) is 4.98 Å². The molecule has 38 heavy (non-hydrogen) atoms. The van der Waals surface area contributed by atoms with Gasteiger partial charge in [-0.15, -0.1) is 0 Å². The van der Waals surface area contributed by atoms with E-state index in [1.54, 1.807) is 49.5 Å². The van der Waals surface area contributed by atoms with Gasteiger partial charge in [0.05, 0.1) is 16.9 Å². The van der Waals surface area contributed by atoms with Crippen molar-refractivity contribution in [1.82, 2.24) is 19.8 Å². The molecule has 0 spiro atoms. The highest BCUT2D eigenvalue weighted by molar-refractivity contribution is 6.34. The number of nitrogens with one attached hydrogen (secondary N) is 2. The highest BCUT2D eigenvalue weighted by Gasteiger charge is 2.22. The lowest BCUT2D eigenvalue weighted by Crippen LogP contribution is -2.45. The summed E-state index contributed by atoms with van der Waals surface area (Å²) in [7, 11) is 3.67. The van der Waals surface area contributed by atoms with Gasteiger partial charge in [-0.05, 0) is 49.5 Å². The lowest BCUT2D eigenvalue weighted by molar-refractivity contribution is 0.0958. The number of imidazole rings is 1. The molecule has 11 nitrogen and oxygen atoms in total. The largest absolute Gasteiger partial charge is 0.492 e. The van der Waals surface area contributed by atoms with Gasteiger partial charge < -0.3 is 30.6 Å². The lowest BCUT2D eigenvalue weighted by atomic mass is 10.2. The van der Waals surface area contributed by atoms with Crippen molar-refractivity contribution in [2.75, 3.05) is 63.6 Å². The van der Waals surface area contributed by atoms with Crippen LogP contribution in [0.15, 0.2) is 48.8 Å².